The van der Waals surface area contributed by atoms with Crippen molar-refractivity contribution >= 4 is 23.2 Å². The first kappa shape index (κ1) is 19.7. The first-order valence-corrected chi connectivity index (χ1v) is 10.3. The van der Waals surface area contributed by atoms with Crippen molar-refractivity contribution < 1.29 is 18.7 Å². The van der Waals surface area contributed by atoms with E-state index < -0.39 is 17.7 Å². The van der Waals surface area contributed by atoms with Crippen LogP contribution in [-0.4, -0.2) is 56.4 Å². The molecule has 8 nitrogen and oxygen atoms in total. The Hall–Kier alpha value is -3.27. The number of aromatic nitrogens is 3. The van der Waals surface area contributed by atoms with Gasteiger partial charge < -0.3 is 20.2 Å². The Morgan fingerprint density at radius 1 is 1.19 bits per heavy atom. The Bertz CT molecular complexity index is 1140. The molecule has 2 aliphatic rings. The van der Waals surface area contributed by atoms with Crippen LogP contribution in [0.2, 0.25) is 0 Å². The number of halogens is 2. The molecule has 31 heavy (non-hydrogen) atoms. The van der Waals surface area contributed by atoms with E-state index in [1.807, 2.05) is 4.90 Å². The summed E-state index contributed by atoms with van der Waals surface area (Å²) in [5.74, 6) is -0.310. The number of amides is 2. The van der Waals surface area contributed by atoms with Crippen LogP contribution in [0, 0.1) is 11.6 Å². The van der Waals surface area contributed by atoms with Crippen LogP contribution in [0.15, 0.2) is 36.7 Å². The topological polar surface area (TPSA) is 86.0 Å². The summed E-state index contributed by atoms with van der Waals surface area (Å²) in [6.07, 6.45) is 4.81. The minimum absolute atomic E-state index is 0.290. The maximum Gasteiger partial charge on any atom is 0.322 e. The Balaban J connectivity index is 1.43. The zero-order valence-corrected chi connectivity index (χ0v) is 16.7. The van der Waals surface area contributed by atoms with Crippen molar-refractivity contribution in [2.75, 3.05) is 29.9 Å². The van der Waals surface area contributed by atoms with E-state index in [0.717, 1.165) is 18.6 Å². The van der Waals surface area contributed by atoms with Crippen LogP contribution in [0.4, 0.5) is 25.1 Å². The number of fused-ring (bicyclic) bond motifs is 1. The van der Waals surface area contributed by atoms with Gasteiger partial charge in [-0.25, -0.2) is 23.1 Å². The fraction of sp³-hybridized carbons (Fsp3) is 0.381. The van der Waals surface area contributed by atoms with Gasteiger partial charge in [0.05, 0.1) is 18.3 Å². The van der Waals surface area contributed by atoms with Crippen molar-refractivity contribution in [3.8, 4) is 0 Å². The zero-order chi connectivity index (χ0) is 21.5. The number of nitrogens with zero attached hydrogens (tertiary/aromatic N) is 5. The molecule has 2 unspecified atom stereocenters. The zero-order valence-electron chi connectivity index (χ0n) is 16.7. The van der Waals surface area contributed by atoms with Crippen molar-refractivity contribution in [2.24, 2.45) is 0 Å². The smallest absolute Gasteiger partial charge is 0.322 e. The molecule has 0 saturated carbocycles. The van der Waals surface area contributed by atoms with E-state index in [0.29, 0.717) is 55.2 Å². The lowest BCUT2D eigenvalue weighted by Gasteiger charge is -2.26. The molecule has 0 radical (unpaired) electrons. The summed E-state index contributed by atoms with van der Waals surface area (Å²) in [5.41, 5.74) is 1.21. The van der Waals surface area contributed by atoms with Gasteiger partial charge in [0.1, 0.15) is 23.1 Å². The van der Waals surface area contributed by atoms with E-state index in [-0.39, 0.29) is 12.1 Å². The molecule has 2 fully saturated rings. The summed E-state index contributed by atoms with van der Waals surface area (Å²) in [6, 6.07) is 4.64. The fourth-order valence-electron chi connectivity index (χ4n) is 4.36. The van der Waals surface area contributed by atoms with E-state index in [2.05, 4.69) is 15.4 Å². The van der Waals surface area contributed by atoms with Crippen molar-refractivity contribution in [2.45, 2.75) is 31.4 Å². The number of rotatable bonds is 3. The van der Waals surface area contributed by atoms with Gasteiger partial charge in [-0.1, -0.05) is 0 Å². The first-order chi connectivity index (χ1) is 15.0. The summed E-state index contributed by atoms with van der Waals surface area (Å²) in [5, 5.41) is 16.7. The molecule has 162 valence electrons. The number of urea groups is 1. The van der Waals surface area contributed by atoms with Gasteiger partial charge in [-0.05, 0) is 43.5 Å². The lowest BCUT2D eigenvalue weighted by molar-refractivity contribution is 0.176. The highest BCUT2D eigenvalue weighted by Gasteiger charge is 2.30. The van der Waals surface area contributed by atoms with Gasteiger partial charge >= 0.3 is 6.03 Å². The molecule has 0 spiro atoms. The Labute approximate surface area is 177 Å². The number of β-amino-alcohol motifs (C(OH)–C–C–N with tert-alkyl or cyclic N) is 1. The van der Waals surface area contributed by atoms with Crippen LogP contribution in [0.1, 0.15) is 30.9 Å². The third-order valence-corrected chi connectivity index (χ3v) is 5.91. The van der Waals surface area contributed by atoms with E-state index >= 15 is 0 Å². The van der Waals surface area contributed by atoms with Gasteiger partial charge in [0.15, 0.2) is 5.65 Å². The third-order valence-electron chi connectivity index (χ3n) is 5.91. The molecule has 0 bridgehead atoms. The summed E-state index contributed by atoms with van der Waals surface area (Å²) in [6.45, 7) is 1.43. The average Bonchev–Trinajstić information content (AvgIpc) is 3.49. The van der Waals surface area contributed by atoms with E-state index in [1.165, 1.54) is 12.3 Å². The quantitative estimate of drug-likeness (QED) is 0.670. The number of benzene rings is 1. The monoisotopic (exact) mass is 428 g/mol. The molecule has 1 aromatic carbocycles. The minimum atomic E-state index is -0.505. The van der Waals surface area contributed by atoms with Gasteiger partial charge in [0.25, 0.3) is 0 Å². The summed E-state index contributed by atoms with van der Waals surface area (Å²) in [4.78, 5) is 20.7. The standard InChI is InChI=1S/C21H22F2N6O2/c22-13-3-4-16(23)15(10-13)18-2-1-7-28(18)19-6-9-29-20(26-19)17(11-24-29)25-21(31)27-8-5-14(30)12-27/h3-4,6,9-11,14,18,30H,1-2,5,7-8,12H2,(H,25,31). The molecule has 2 N–H and O–H groups in total. The number of hydrogen-bond donors (Lipinski definition) is 2. The molecule has 2 aromatic heterocycles. The minimum Gasteiger partial charge on any atom is -0.391 e. The summed E-state index contributed by atoms with van der Waals surface area (Å²) < 4.78 is 29.7. The molecule has 2 amide bonds. The van der Waals surface area contributed by atoms with Crippen molar-refractivity contribution in [1.82, 2.24) is 19.5 Å². The van der Waals surface area contributed by atoms with Gasteiger partial charge in [-0.2, -0.15) is 5.10 Å². The fourth-order valence-corrected chi connectivity index (χ4v) is 4.36. The molecule has 3 aromatic rings. The molecule has 0 aliphatic carbocycles. The second-order valence-electron chi connectivity index (χ2n) is 7.95. The number of nitrogens with one attached hydrogen (secondary N) is 1. The van der Waals surface area contributed by atoms with Crippen LogP contribution in [0.3, 0.4) is 0 Å². The molecule has 2 atom stereocenters. The van der Waals surface area contributed by atoms with E-state index in [9.17, 15) is 18.7 Å². The highest BCUT2D eigenvalue weighted by molar-refractivity contribution is 5.93. The Morgan fingerprint density at radius 2 is 2.06 bits per heavy atom. The van der Waals surface area contributed by atoms with Gasteiger partial charge in [0.2, 0.25) is 0 Å². The molecular formula is C21H22F2N6O2. The number of aliphatic hydroxyl groups excluding tert-OH is 1. The van der Waals surface area contributed by atoms with Crippen LogP contribution >= 0.6 is 0 Å². The first-order valence-electron chi connectivity index (χ1n) is 10.3. The van der Waals surface area contributed by atoms with Crippen LogP contribution in [0.25, 0.3) is 5.65 Å². The predicted molar refractivity (Wildman–Crippen MR) is 110 cm³/mol. The third kappa shape index (κ3) is 3.67. The number of carbonyl (C=O) groups excluding carboxylic acids is 1. The number of carbonyl (C=O) groups is 1. The van der Waals surface area contributed by atoms with Crippen molar-refractivity contribution in [3.05, 3.63) is 53.9 Å². The van der Waals surface area contributed by atoms with Gasteiger partial charge in [-0.15, -0.1) is 0 Å². The lowest BCUT2D eigenvalue weighted by atomic mass is 10.0. The molecule has 2 saturated heterocycles. The maximum absolute atomic E-state index is 14.4. The molecule has 5 rings (SSSR count). The largest absolute Gasteiger partial charge is 0.391 e. The molecular weight excluding hydrogens is 406 g/mol. The molecule has 10 heteroatoms. The normalized spacial score (nSPS) is 21.3. The Morgan fingerprint density at radius 3 is 2.87 bits per heavy atom. The van der Waals surface area contributed by atoms with Crippen molar-refractivity contribution in [3.63, 3.8) is 0 Å². The summed E-state index contributed by atoms with van der Waals surface area (Å²) in [7, 11) is 0. The van der Waals surface area contributed by atoms with Gasteiger partial charge in [-0.3, -0.25) is 0 Å². The number of anilines is 2. The second kappa shape index (κ2) is 7.77. The number of aliphatic hydroxyl groups is 1. The Kier molecular flexibility index (Phi) is 4.93. The average molecular weight is 428 g/mol. The predicted octanol–water partition coefficient (Wildman–Crippen LogP) is 2.95. The maximum atomic E-state index is 14.4. The van der Waals surface area contributed by atoms with Crippen LogP contribution < -0.4 is 10.2 Å². The highest BCUT2D eigenvalue weighted by atomic mass is 19.1. The van der Waals surface area contributed by atoms with Crippen LogP contribution in [-0.2, 0) is 0 Å². The summed E-state index contributed by atoms with van der Waals surface area (Å²) >= 11 is 0. The van der Waals surface area contributed by atoms with E-state index in [1.54, 1.807) is 21.7 Å². The molecule has 2 aliphatic heterocycles. The molecule has 4 heterocycles. The number of hydrogen-bond acceptors (Lipinski definition) is 5. The van der Waals surface area contributed by atoms with Crippen molar-refractivity contribution in [1.29, 1.82) is 0 Å². The number of likely N-dealkylation sites (tertiary alicyclic amines) is 1. The second-order valence-corrected chi connectivity index (χ2v) is 7.95. The lowest BCUT2D eigenvalue weighted by Crippen LogP contribution is -2.33. The van der Waals surface area contributed by atoms with E-state index in [4.69, 9.17) is 0 Å². The van der Waals surface area contributed by atoms with Crippen LogP contribution in [0.5, 0.6) is 0 Å². The van der Waals surface area contributed by atoms with Gasteiger partial charge in [0, 0.05) is 31.4 Å². The highest BCUT2D eigenvalue weighted by Crippen LogP contribution is 2.37. The SMILES string of the molecule is O=C(Nc1cnn2ccc(N3CCCC3c3cc(F)ccc3F)nc12)N1CCC(O)C1.